The van der Waals surface area contributed by atoms with E-state index in [1.807, 2.05) is 66.7 Å². The van der Waals surface area contributed by atoms with Gasteiger partial charge >= 0.3 is 0 Å². The lowest BCUT2D eigenvalue weighted by Crippen LogP contribution is -2.24. The van der Waals surface area contributed by atoms with E-state index in [1.54, 1.807) is 0 Å². The van der Waals surface area contributed by atoms with E-state index in [4.69, 9.17) is 21.6 Å². The fourth-order valence-electron chi connectivity index (χ4n) is 3.75. The zero-order valence-electron chi connectivity index (χ0n) is 16.2. The average Bonchev–Trinajstić information content (AvgIpc) is 3.08. The van der Waals surface area contributed by atoms with Crippen LogP contribution in [-0.4, -0.2) is 20.4 Å². The minimum atomic E-state index is -0.0328. The number of hydrogen-bond acceptors (Lipinski definition) is 3. The zero-order chi connectivity index (χ0) is 20.5. The molecule has 0 atom stereocenters. The molecule has 1 N–H and O–H groups in total. The smallest absolute Gasteiger partial charge is 0.222 e. The zero-order valence-corrected chi connectivity index (χ0v) is 16.9. The predicted molar refractivity (Wildman–Crippen MR) is 120 cm³/mol. The van der Waals surface area contributed by atoms with Gasteiger partial charge in [0.2, 0.25) is 5.91 Å². The number of amides is 1. The lowest BCUT2D eigenvalue weighted by atomic mass is 10.2. The minimum absolute atomic E-state index is 0.0328. The Morgan fingerprint density at radius 3 is 2.43 bits per heavy atom. The summed E-state index contributed by atoms with van der Waals surface area (Å²) in [6.45, 7) is 0.932. The minimum Gasteiger partial charge on any atom is -0.352 e. The SMILES string of the molecule is O=C(CCn1c2ccccc2c2nc3ccccc3nc21)NCc1ccccc1Cl. The van der Waals surface area contributed by atoms with Gasteiger partial charge in [-0.1, -0.05) is 60.1 Å². The highest BCUT2D eigenvalue weighted by Gasteiger charge is 2.15. The standard InChI is InChI=1S/C24H19ClN4O/c25-18-9-3-1-7-16(18)15-26-22(30)13-14-29-21-12-6-2-8-17(21)23-24(29)28-20-11-5-4-10-19(20)27-23/h1-12H,13-15H2,(H,26,30). The van der Waals surface area contributed by atoms with Gasteiger partial charge in [0.15, 0.2) is 5.65 Å². The summed E-state index contributed by atoms with van der Waals surface area (Å²) < 4.78 is 2.08. The first-order valence-electron chi connectivity index (χ1n) is 9.84. The highest BCUT2D eigenvalue weighted by molar-refractivity contribution is 6.31. The molecule has 6 heteroatoms. The summed E-state index contributed by atoms with van der Waals surface area (Å²) in [6, 6.07) is 23.5. The molecule has 5 aromatic rings. The third-order valence-corrected chi connectivity index (χ3v) is 5.62. The number of carbonyl (C=O) groups excluding carboxylic acids is 1. The van der Waals surface area contributed by atoms with Crippen LogP contribution >= 0.6 is 11.6 Å². The molecule has 0 unspecified atom stereocenters. The second-order valence-corrected chi connectivity index (χ2v) is 7.58. The summed E-state index contributed by atoms with van der Waals surface area (Å²) in [7, 11) is 0. The number of benzene rings is 3. The lowest BCUT2D eigenvalue weighted by molar-refractivity contribution is -0.121. The largest absolute Gasteiger partial charge is 0.352 e. The third-order valence-electron chi connectivity index (χ3n) is 5.25. The molecular weight excluding hydrogens is 396 g/mol. The molecule has 30 heavy (non-hydrogen) atoms. The number of halogens is 1. The molecule has 0 saturated carbocycles. The number of hydrogen-bond donors (Lipinski definition) is 1. The third kappa shape index (κ3) is 3.37. The molecule has 5 rings (SSSR count). The van der Waals surface area contributed by atoms with Gasteiger partial charge in [0.05, 0.1) is 16.6 Å². The summed E-state index contributed by atoms with van der Waals surface area (Å²) in [4.78, 5) is 22.2. The van der Waals surface area contributed by atoms with E-state index in [2.05, 4.69) is 16.0 Å². The molecule has 0 radical (unpaired) electrons. The maximum absolute atomic E-state index is 12.5. The highest BCUT2D eigenvalue weighted by Crippen LogP contribution is 2.28. The van der Waals surface area contributed by atoms with Crippen LogP contribution < -0.4 is 5.32 Å². The van der Waals surface area contributed by atoms with E-state index in [1.165, 1.54) is 0 Å². The van der Waals surface area contributed by atoms with Gasteiger partial charge < -0.3 is 9.88 Å². The first-order valence-corrected chi connectivity index (χ1v) is 10.2. The lowest BCUT2D eigenvalue weighted by Gasteiger charge is -2.09. The van der Waals surface area contributed by atoms with Crippen molar-refractivity contribution >= 4 is 50.6 Å². The Hall–Kier alpha value is -3.44. The molecule has 148 valence electrons. The molecule has 5 nitrogen and oxygen atoms in total. The summed E-state index contributed by atoms with van der Waals surface area (Å²) in [5, 5.41) is 4.65. The topological polar surface area (TPSA) is 59.8 Å². The Labute approximate surface area is 178 Å². The molecule has 0 saturated heterocycles. The van der Waals surface area contributed by atoms with Gasteiger partial charge in [-0.05, 0) is 29.8 Å². The van der Waals surface area contributed by atoms with Crippen LogP contribution in [0.15, 0.2) is 72.8 Å². The van der Waals surface area contributed by atoms with Gasteiger partial charge in [-0.25, -0.2) is 9.97 Å². The maximum atomic E-state index is 12.5. The van der Waals surface area contributed by atoms with E-state index in [9.17, 15) is 4.79 Å². The van der Waals surface area contributed by atoms with Gasteiger partial charge in [0.1, 0.15) is 5.52 Å². The number of para-hydroxylation sites is 3. The van der Waals surface area contributed by atoms with Crippen LogP contribution in [0.1, 0.15) is 12.0 Å². The van der Waals surface area contributed by atoms with Crippen LogP contribution in [0.2, 0.25) is 5.02 Å². The van der Waals surface area contributed by atoms with Crippen LogP contribution in [0.3, 0.4) is 0 Å². The maximum Gasteiger partial charge on any atom is 0.222 e. The van der Waals surface area contributed by atoms with Gasteiger partial charge in [0.25, 0.3) is 0 Å². The molecule has 0 aliphatic heterocycles. The Morgan fingerprint density at radius 1 is 0.900 bits per heavy atom. The van der Waals surface area contributed by atoms with Crippen molar-refractivity contribution in [2.75, 3.05) is 0 Å². The predicted octanol–water partition coefficient (Wildman–Crippen LogP) is 5.10. The van der Waals surface area contributed by atoms with Gasteiger partial charge in [0, 0.05) is 29.9 Å². The molecule has 2 aromatic heterocycles. The summed E-state index contributed by atoms with van der Waals surface area (Å²) in [5.74, 6) is -0.0328. The Balaban J connectivity index is 1.44. The van der Waals surface area contributed by atoms with Crippen molar-refractivity contribution in [3.8, 4) is 0 Å². The second kappa shape index (κ2) is 7.76. The molecule has 0 aliphatic rings. The molecule has 0 bridgehead atoms. The highest BCUT2D eigenvalue weighted by atomic mass is 35.5. The van der Waals surface area contributed by atoms with Gasteiger partial charge in [-0.15, -0.1) is 0 Å². The second-order valence-electron chi connectivity index (χ2n) is 7.17. The van der Waals surface area contributed by atoms with Gasteiger partial charge in [-0.3, -0.25) is 4.79 Å². The number of carbonyl (C=O) groups is 1. The quantitative estimate of drug-likeness (QED) is 0.435. The summed E-state index contributed by atoms with van der Waals surface area (Å²) in [5.41, 5.74) is 5.31. The van der Waals surface area contributed by atoms with E-state index in [0.717, 1.165) is 38.7 Å². The van der Waals surface area contributed by atoms with Crippen molar-refractivity contribution in [1.29, 1.82) is 0 Å². The molecule has 0 spiro atoms. The first kappa shape index (κ1) is 18.6. The molecule has 2 heterocycles. The van der Waals surface area contributed by atoms with Crippen molar-refractivity contribution in [3.05, 3.63) is 83.4 Å². The Morgan fingerprint density at radius 2 is 1.60 bits per heavy atom. The van der Waals surface area contributed by atoms with E-state index in [0.29, 0.717) is 24.5 Å². The molecular formula is C24H19ClN4O. The molecule has 3 aromatic carbocycles. The number of aromatic nitrogens is 3. The van der Waals surface area contributed by atoms with Gasteiger partial charge in [-0.2, -0.15) is 0 Å². The first-order chi connectivity index (χ1) is 14.7. The Kier molecular flexibility index (Phi) is 4.81. The number of rotatable bonds is 5. The van der Waals surface area contributed by atoms with Crippen LogP contribution in [-0.2, 0) is 17.9 Å². The van der Waals surface area contributed by atoms with Crippen molar-refractivity contribution < 1.29 is 4.79 Å². The van der Waals surface area contributed by atoms with E-state index in [-0.39, 0.29) is 5.91 Å². The summed E-state index contributed by atoms with van der Waals surface area (Å²) in [6.07, 6.45) is 0.340. The van der Waals surface area contributed by atoms with Crippen molar-refractivity contribution in [2.24, 2.45) is 0 Å². The number of nitrogens with zero attached hydrogens (tertiary/aromatic N) is 3. The van der Waals surface area contributed by atoms with Crippen molar-refractivity contribution in [3.63, 3.8) is 0 Å². The molecule has 0 aliphatic carbocycles. The van der Waals surface area contributed by atoms with Crippen LogP contribution in [0, 0.1) is 0 Å². The van der Waals surface area contributed by atoms with E-state index >= 15 is 0 Å². The average molecular weight is 415 g/mol. The normalized spacial score (nSPS) is 11.4. The monoisotopic (exact) mass is 414 g/mol. The van der Waals surface area contributed by atoms with Crippen LogP contribution in [0.4, 0.5) is 0 Å². The van der Waals surface area contributed by atoms with Crippen molar-refractivity contribution in [2.45, 2.75) is 19.5 Å². The number of nitrogens with one attached hydrogen (secondary N) is 1. The fraction of sp³-hybridized carbons (Fsp3) is 0.125. The van der Waals surface area contributed by atoms with Crippen molar-refractivity contribution in [1.82, 2.24) is 19.9 Å². The fourth-order valence-corrected chi connectivity index (χ4v) is 3.95. The Bertz CT molecular complexity index is 1390. The van der Waals surface area contributed by atoms with E-state index < -0.39 is 0 Å². The molecule has 0 fully saturated rings. The summed E-state index contributed by atoms with van der Waals surface area (Å²) >= 11 is 6.17. The number of aryl methyl sites for hydroxylation is 1. The molecule has 1 amide bonds. The van der Waals surface area contributed by atoms with Crippen LogP contribution in [0.25, 0.3) is 33.1 Å². The van der Waals surface area contributed by atoms with Crippen LogP contribution in [0.5, 0.6) is 0 Å². The number of fused-ring (bicyclic) bond motifs is 4.